The largest absolute Gasteiger partial charge is 0.272 e. The Balaban J connectivity index is 1.74. The lowest BCUT2D eigenvalue weighted by molar-refractivity contribution is -0.384. The van der Waals surface area contributed by atoms with Crippen molar-refractivity contribution in [2.24, 2.45) is 5.10 Å². The third kappa shape index (κ3) is 5.50. The van der Waals surface area contributed by atoms with Crippen molar-refractivity contribution < 1.29 is 9.72 Å². The van der Waals surface area contributed by atoms with Crippen LogP contribution in [0.3, 0.4) is 0 Å². The van der Waals surface area contributed by atoms with Gasteiger partial charge in [-0.25, -0.2) is 5.43 Å². The number of hydrazone groups is 1. The molecule has 1 amide bonds. The summed E-state index contributed by atoms with van der Waals surface area (Å²) in [6.45, 7) is 1.84. The van der Waals surface area contributed by atoms with Gasteiger partial charge in [-0.05, 0) is 23.9 Å². The minimum absolute atomic E-state index is 0.0647. The third-order valence-corrected chi connectivity index (χ3v) is 4.86. The van der Waals surface area contributed by atoms with Crippen LogP contribution in [0.25, 0.3) is 0 Å². The van der Waals surface area contributed by atoms with Crippen molar-refractivity contribution in [3.8, 4) is 0 Å². The predicted molar refractivity (Wildman–Crippen MR) is 93.9 cm³/mol. The molecule has 0 fully saturated rings. The Morgan fingerprint density at radius 2 is 2.09 bits per heavy atom. The molecule has 2 aromatic rings. The summed E-state index contributed by atoms with van der Waals surface area (Å²) in [7, 11) is 0. The standard InChI is InChI=1S/C15H15N3O3S2/c1-11(14-3-2-8-23-14)16-17-15(19)10-22-9-12-4-6-13(7-5-12)18(20)21/h2-8H,9-10H2,1H3,(H,17,19)/b16-11+. The van der Waals surface area contributed by atoms with Crippen LogP contribution >= 0.6 is 23.1 Å². The summed E-state index contributed by atoms with van der Waals surface area (Å²) in [5.74, 6) is 0.713. The molecule has 1 aromatic carbocycles. The Bertz CT molecular complexity index is 697. The van der Waals surface area contributed by atoms with Gasteiger partial charge in [0.1, 0.15) is 0 Å². The SMILES string of the molecule is C/C(=N\NC(=O)CSCc1ccc([N+](=O)[O-])cc1)c1cccs1. The molecule has 8 heteroatoms. The fraction of sp³-hybridized carbons (Fsp3) is 0.200. The highest BCUT2D eigenvalue weighted by molar-refractivity contribution is 7.99. The second-order valence-electron chi connectivity index (χ2n) is 4.63. The highest BCUT2D eigenvalue weighted by Gasteiger charge is 2.05. The maximum Gasteiger partial charge on any atom is 0.269 e. The molecule has 0 atom stereocenters. The van der Waals surface area contributed by atoms with Gasteiger partial charge < -0.3 is 0 Å². The number of carbonyl (C=O) groups is 1. The van der Waals surface area contributed by atoms with Gasteiger partial charge in [0.25, 0.3) is 5.69 Å². The molecule has 0 saturated heterocycles. The molecule has 2 rings (SSSR count). The van der Waals surface area contributed by atoms with Gasteiger partial charge in [0.2, 0.25) is 5.91 Å². The smallest absolute Gasteiger partial charge is 0.269 e. The van der Waals surface area contributed by atoms with Gasteiger partial charge in [0, 0.05) is 22.8 Å². The van der Waals surface area contributed by atoms with E-state index in [1.54, 1.807) is 23.5 Å². The van der Waals surface area contributed by atoms with Crippen LogP contribution in [-0.4, -0.2) is 22.3 Å². The van der Waals surface area contributed by atoms with Crippen LogP contribution in [-0.2, 0) is 10.5 Å². The number of non-ortho nitro benzene ring substituents is 1. The minimum atomic E-state index is -0.432. The summed E-state index contributed by atoms with van der Waals surface area (Å²) >= 11 is 3.00. The lowest BCUT2D eigenvalue weighted by atomic mass is 10.2. The number of nitro benzene ring substituents is 1. The molecule has 120 valence electrons. The molecule has 1 aromatic heterocycles. The Kier molecular flexibility index (Phi) is 6.30. The van der Waals surface area contributed by atoms with E-state index in [4.69, 9.17) is 0 Å². The van der Waals surface area contributed by atoms with Gasteiger partial charge >= 0.3 is 0 Å². The van der Waals surface area contributed by atoms with Crippen molar-refractivity contribution in [1.82, 2.24) is 5.43 Å². The highest BCUT2D eigenvalue weighted by atomic mass is 32.2. The first-order chi connectivity index (χ1) is 11.1. The molecule has 0 bridgehead atoms. The molecular formula is C15H15N3O3S2. The Morgan fingerprint density at radius 1 is 1.35 bits per heavy atom. The predicted octanol–water partition coefficient (Wildman–Crippen LogP) is 3.43. The number of thioether (sulfide) groups is 1. The van der Waals surface area contributed by atoms with E-state index >= 15 is 0 Å². The first-order valence-electron chi connectivity index (χ1n) is 6.74. The zero-order valence-electron chi connectivity index (χ0n) is 12.4. The van der Waals surface area contributed by atoms with Crippen molar-refractivity contribution >= 4 is 40.4 Å². The molecular weight excluding hydrogens is 334 g/mol. The van der Waals surface area contributed by atoms with Crippen molar-refractivity contribution in [3.05, 3.63) is 62.3 Å². The number of nitro groups is 1. The molecule has 0 aliphatic rings. The van der Waals surface area contributed by atoms with E-state index in [0.717, 1.165) is 16.2 Å². The fourth-order valence-corrected chi connectivity index (χ4v) is 3.15. The van der Waals surface area contributed by atoms with Gasteiger partial charge in [-0.15, -0.1) is 23.1 Å². The average Bonchev–Trinajstić information content (AvgIpc) is 3.07. The monoisotopic (exact) mass is 349 g/mol. The van der Waals surface area contributed by atoms with E-state index in [9.17, 15) is 14.9 Å². The van der Waals surface area contributed by atoms with E-state index in [2.05, 4.69) is 10.5 Å². The van der Waals surface area contributed by atoms with Crippen LogP contribution < -0.4 is 5.43 Å². The van der Waals surface area contributed by atoms with E-state index in [1.807, 2.05) is 24.4 Å². The van der Waals surface area contributed by atoms with E-state index in [-0.39, 0.29) is 17.3 Å². The molecule has 0 unspecified atom stereocenters. The number of hydrogen-bond donors (Lipinski definition) is 1. The summed E-state index contributed by atoms with van der Waals surface area (Å²) in [5.41, 5.74) is 4.30. The number of nitrogens with one attached hydrogen (secondary N) is 1. The molecule has 0 radical (unpaired) electrons. The molecule has 23 heavy (non-hydrogen) atoms. The zero-order chi connectivity index (χ0) is 16.7. The number of amides is 1. The van der Waals surface area contributed by atoms with Crippen LogP contribution in [0, 0.1) is 10.1 Å². The molecule has 0 aliphatic carbocycles. The Morgan fingerprint density at radius 3 is 2.70 bits per heavy atom. The lowest BCUT2D eigenvalue weighted by Gasteiger charge is -2.02. The van der Waals surface area contributed by atoms with Crippen molar-refractivity contribution in [3.63, 3.8) is 0 Å². The molecule has 0 aliphatic heterocycles. The normalized spacial score (nSPS) is 11.3. The van der Waals surface area contributed by atoms with Gasteiger partial charge in [-0.2, -0.15) is 5.10 Å². The molecule has 1 heterocycles. The Labute approximate surface area is 141 Å². The number of hydrogen-bond acceptors (Lipinski definition) is 6. The summed E-state index contributed by atoms with van der Waals surface area (Å²) in [4.78, 5) is 22.9. The van der Waals surface area contributed by atoms with Crippen molar-refractivity contribution in [2.45, 2.75) is 12.7 Å². The first kappa shape index (κ1) is 17.2. The van der Waals surface area contributed by atoms with Gasteiger partial charge in [0.15, 0.2) is 0 Å². The average molecular weight is 349 g/mol. The quantitative estimate of drug-likeness (QED) is 0.471. The number of rotatable bonds is 7. The van der Waals surface area contributed by atoms with E-state index in [1.165, 1.54) is 23.9 Å². The second kappa shape index (κ2) is 8.44. The maximum absolute atomic E-state index is 11.7. The number of benzene rings is 1. The van der Waals surface area contributed by atoms with Crippen LogP contribution in [0.15, 0.2) is 46.9 Å². The third-order valence-electron chi connectivity index (χ3n) is 2.88. The number of nitrogens with zero attached hydrogens (tertiary/aromatic N) is 2. The van der Waals surface area contributed by atoms with Crippen LogP contribution in [0.5, 0.6) is 0 Å². The minimum Gasteiger partial charge on any atom is -0.272 e. The fourth-order valence-electron chi connectivity index (χ4n) is 1.69. The van der Waals surface area contributed by atoms with Crippen molar-refractivity contribution in [2.75, 3.05) is 5.75 Å². The maximum atomic E-state index is 11.7. The molecule has 0 spiro atoms. The van der Waals surface area contributed by atoms with Gasteiger partial charge in [-0.1, -0.05) is 18.2 Å². The first-order valence-corrected chi connectivity index (χ1v) is 8.78. The molecule has 6 nitrogen and oxygen atoms in total. The molecule has 0 saturated carbocycles. The number of carbonyl (C=O) groups excluding carboxylic acids is 1. The summed E-state index contributed by atoms with van der Waals surface area (Å²) in [5, 5.41) is 16.6. The van der Waals surface area contributed by atoms with E-state index < -0.39 is 4.92 Å². The summed E-state index contributed by atoms with van der Waals surface area (Å²) in [6.07, 6.45) is 0. The second-order valence-corrected chi connectivity index (χ2v) is 6.56. The van der Waals surface area contributed by atoms with Crippen LogP contribution in [0.1, 0.15) is 17.4 Å². The van der Waals surface area contributed by atoms with Gasteiger partial charge in [-0.3, -0.25) is 14.9 Å². The van der Waals surface area contributed by atoms with Crippen molar-refractivity contribution in [1.29, 1.82) is 0 Å². The van der Waals surface area contributed by atoms with Crippen LogP contribution in [0.2, 0.25) is 0 Å². The Hall–Kier alpha value is -2.19. The van der Waals surface area contributed by atoms with E-state index in [0.29, 0.717) is 5.75 Å². The molecule has 1 N–H and O–H groups in total. The lowest BCUT2D eigenvalue weighted by Crippen LogP contribution is -2.21. The summed E-state index contributed by atoms with van der Waals surface area (Å²) in [6, 6.07) is 10.2. The highest BCUT2D eigenvalue weighted by Crippen LogP contribution is 2.16. The van der Waals surface area contributed by atoms with Gasteiger partial charge in [0.05, 0.1) is 16.4 Å². The zero-order valence-corrected chi connectivity index (χ0v) is 14.0. The summed E-state index contributed by atoms with van der Waals surface area (Å²) < 4.78 is 0. The van der Waals surface area contributed by atoms with Crippen LogP contribution in [0.4, 0.5) is 5.69 Å². The number of thiophene rings is 1. The topological polar surface area (TPSA) is 84.6 Å².